The van der Waals surface area contributed by atoms with Gasteiger partial charge in [0.1, 0.15) is 0 Å². The Bertz CT molecular complexity index is 615. The van der Waals surface area contributed by atoms with Crippen molar-refractivity contribution in [1.82, 2.24) is 0 Å². The van der Waals surface area contributed by atoms with Crippen LogP contribution in [-0.4, -0.2) is 5.91 Å². The Morgan fingerprint density at radius 3 is 1.40 bits per heavy atom. The van der Waals surface area contributed by atoms with Crippen LogP contribution < -0.4 is 5.73 Å². The van der Waals surface area contributed by atoms with Crippen molar-refractivity contribution in [1.29, 1.82) is 0 Å². The van der Waals surface area contributed by atoms with E-state index in [1.165, 1.54) is 11.1 Å². The van der Waals surface area contributed by atoms with E-state index in [4.69, 9.17) is 5.73 Å². The maximum atomic E-state index is 10.2. The van der Waals surface area contributed by atoms with Crippen LogP contribution in [-0.2, 0) is 17.6 Å². The van der Waals surface area contributed by atoms with Crippen molar-refractivity contribution >= 4 is 5.91 Å². The Labute approximate surface area is 152 Å². The molecule has 2 nitrogen and oxygen atoms in total. The summed E-state index contributed by atoms with van der Waals surface area (Å²) in [6, 6.07) is 21.0. The van der Waals surface area contributed by atoms with E-state index in [0.29, 0.717) is 0 Å². The zero-order valence-corrected chi connectivity index (χ0v) is 15.5. The molecular weight excluding hydrogens is 306 g/mol. The molecule has 0 fully saturated rings. The van der Waals surface area contributed by atoms with Crippen LogP contribution in [0.25, 0.3) is 0 Å². The van der Waals surface area contributed by atoms with Gasteiger partial charge in [0.05, 0.1) is 0 Å². The predicted molar refractivity (Wildman–Crippen MR) is 107 cm³/mol. The standard InChI is InChI=1S/C18H18.C5H11NO/c1(5-11-17-13-7-3-8-14-17)2-6-12-18-15-9-4-10-16-18;1-5(2,3)4(6)7/h1-10,13-16H,11-12H2;1-3H3,(H2,6,7). The molecule has 0 aliphatic rings. The summed E-state index contributed by atoms with van der Waals surface area (Å²) in [7, 11) is 0. The van der Waals surface area contributed by atoms with Crippen molar-refractivity contribution < 1.29 is 4.79 Å². The first-order valence-corrected chi connectivity index (χ1v) is 8.59. The van der Waals surface area contributed by atoms with E-state index >= 15 is 0 Å². The first-order valence-electron chi connectivity index (χ1n) is 8.59. The Morgan fingerprint density at radius 1 is 0.800 bits per heavy atom. The third kappa shape index (κ3) is 9.98. The van der Waals surface area contributed by atoms with Crippen molar-refractivity contribution in [3.05, 3.63) is 96.1 Å². The number of carbonyl (C=O) groups excluding carboxylic acids is 1. The van der Waals surface area contributed by atoms with E-state index < -0.39 is 0 Å². The largest absolute Gasteiger partial charge is 0.369 e. The van der Waals surface area contributed by atoms with Crippen molar-refractivity contribution in [2.45, 2.75) is 33.6 Å². The van der Waals surface area contributed by atoms with Gasteiger partial charge in [-0.3, -0.25) is 4.79 Å². The molecule has 0 radical (unpaired) electrons. The fourth-order valence-corrected chi connectivity index (χ4v) is 1.79. The molecule has 2 heteroatoms. The van der Waals surface area contributed by atoms with E-state index in [2.05, 4.69) is 72.8 Å². The normalized spacial score (nSPS) is 11.3. The third-order valence-corrected chi connectivity index (χ3v) is 3.52. The summed E-state index contributed by atoms with van der Waals surface area (Å²) >= 11 is 0. The number of amides is 1. The molecule has 2 rings (SSSR count). The molecule has 25 heavy (non-hydrogen) atoms. The molecule has 0 saturated carbocycles. The second kappa shape index (κ2) is 11.0. The van der Waals surface area contributed by atoms with Crippen molar-refractivity contribution in [2.24, 2.45) is 11.1 Å². The van der Waals surface area contributed by atoms with Crippen LogP contribution in [0.5, 0.6) is 0 Å². The SMILES string of the molecule is C(C=CCc1ccccc1)=CCc1ccccc1.CC(C)(C)C(N)=O. The molecule has 2 aromatic carbocycles. The lowest BCUT2D eigenvalue weighted by atomic mass is 9.96. The molecule has 0 bridgehead atoms. The van der Waals surface area contributed by atoms with E-state index in [0.717, 1.165) is 12.8 Å². The number of benzene rings is 2. The van der Waals surface area contributed by atoms with Crippen LogP contribution in [0.3, 0.4) is 0 Å². The molecule has 0 aromatic heterocycles. The number of carbonyl (C=O) groups is 1. The van der Waals surface area contributed by atoms with Gasteiger partial charge >= 0.3 is 0 Å². The smallest absolute Gasteiger partial charge is 0.222 e. The highest BCUT2D eigenvalue weighted by atomic mass is 16.1. The summed E-state index contributed by atoms with van der Waals surface area (Å²) in [4.78, 5) is 10.2. The second-order valence-electron chi connectivity index (χ2n) is 6.85. The lowest BCUT2D eigenvalue weighted by molar-refractivity contribution is -0.125. The first kappa shape index (κ1) is 20.4. The minimum atomic E-state index is -0.361. The molecule has 0 unspecified atom stereocenters. The van der Waals surface area contributed by atoms with Crippen LogP contribution in [0.15, 0.2) is 85.0 Å². The Balaban J connectivity index is 0.000000381. The van der Waals surface area contributed by atoms with Gasteiger partial charge in [0.15, 0.2) is 0 Å². The van der Waals surface area contributed by atoms with Crippen molar-refractivity contribution in [3.8, 4) is 0 Å². The molecule has 132 valence electrons. The van der Waals surface area contributed by atoms with E-state index in [9.17, 15) is 4.79 Å². The maximum absolute atomic E-state index is 10.2. The van der Waals surface area contributed by atoms with Crippen LogP contribution >= 0.6 is 0 Å². The van der Waals surface area contributed by atoms with Crippen molar-refractivity contribution in [3.63, 3.8) is 0 Å². The van der Waals surface area contributed by atoms with Gasteiger partial charge in [0, 0.05) is 5.41 Å². The van der Waals surface area contributed by atoms with Gasteiger partial charge in [0.25, 0.3) is 0 Å². The second-order valence-corrected chi connectivity index (χ2v) is 6.85. The molecule has 1 amide bonds. The Kier molecular flexibility index (Phi) is 9.02. The molecule has 0 heterocycles. The average Bonchev–Trinajstić information content (AvgIpc) is 2.59. The fraction of sp³-hybridized carbons (Fsp3) is 0.261. The van der Waals surface area contributed by atoms with E-state index in [-0.39, 0.29) is 11.3 Å². The number of allylic oxidation sites excluding steroid dienone is 4. The average molecular weight is 335 g/mol. The molecule has 0 spiro atoms. The van der Waals surface area contributed by atoms with Gasteiger partial charge in [-0.2, -0.15) is 0 Å². The molecule has 0 atom stereocenters. The molecule has 0 saturated heterocycles. The van der Waals surface area contributed by atoms with Gasteiger partial charge in [-0.05, 0) is 24.0 Å². The lowest BCUT2D eigenvalue weighted by Gasteiger charge is -2.10. The van der Waals surface area contributed by atoms with Crippen LogP contribution in [0.2, 0.25) is 0 Å². The van der Waals surface area contributed by atoms with Gasteiger partial charge in [-0.15, -0.1) is 0 Å². The quantitative estimate of drug-likeness (QED) is 0.759. The van der Waals surface area contributed by atoms with Gasteiger partial charge in [-0.25, -0.2) is 0 Å². The van der Waals surface area contributed by atoms with Gasteiger partial charge in [-0.1, -0.05) is 106 Å². The summed E-state index contributed by atoms with van der Waals surface area (Å²) in [6.07, 6.45) is 10.6. The number of primary amides is 1. The zero-order valence-electron chi connectivity index (χ0n) is 15.5. The number of hydrogen-bond donors (Lipinski definition) is 1. The fourth-order valence-electron chi connectivity index (χ4n) is 1.79. The topological polar surface area (TPSA) is 43.1 Å². The predicted octanol–water partition coefficient (Wildman–Crippen LogP) is 5.10. The Hall–Kier alpha value is -2.61. The number of rotatable bonds is 5. The van der Waals surface area contributed by atoms with E-state index in [1.807, 2.05) is 12.1 Å². The summed E-state index contributed by atoms with van der Waals surface area (Å²) in [5.74, 6) is -0.257. The molecular formula is C23H29NO. The number of nitrogens with two attached hydrogens (primary N) is 1. The first-order chi connectivity index (χ1) is 11.9. The lowest BCUT2D eigenvalue weighted by Crippen LogP contribution is -2.27. The minimum Gasteiger partial charge on any atom is -0.369 e. The van der Waals surface area contributed by atoms with Crippen LogP contribution in [0, 0.1) is 5.41 Å². The molecule has 0 aliphatic carbocycles. The summed E-state index contributed by atoms with van der Waals surface area (Å²) in [6.45, 7) is 5.36. The maximum Gasteiger partial charge on any atom is 0.222 e. The zero-order chi connectivity index (χ0) is 18.5. The van der Waals surface area contributed by atoms with Crippen molar-refractivity contribution in [2.75, 3.05) is 0 Å². The van der Waals surface area contributed by atoms with Gasteiger partial charge < -0.3 is 5.73 Å². The minimum absolute atomic E-state index is 0.257. The van der Waals surface area contributed by atoms with Gasteiger partial charge in [0.2, 0.25) is 5.91 Å². The molecule has 2 aromatic rings. The highest BCUT2D eigenvalue weighted by Crippen LogP contribution is 2.09. The van der Waals surface area contributed by atoms with Crippen LogP contribution in [0.1, 0.15) is 31.9 Å². The summed E-state index contributed by atoms with van der Waals surface area (Å²) in [5.41, 5.74) is 7.27. The highest BCUT2D eigenvalue weighted by Gasteiger charge is 2.16. The van der Waals surface area contributed by atoms with Crippen LogP contribution in [0.4, 0.5) is 0 Å². The Morgan fingerprint density at radius 2 is 1.12 bits per heavy atom. The molecule has 0 aliphatic heterocycles. The highest BCUT2D eigenvalue weighted by molar-refractivity contribution is 5.79. The monoisotopic (exact) mass is 335 g/mol. The van der Waals surface area contributed by atoms with E-state index in [1.54, 1.807) is 20.8 Å². The molecule has 2 N–H and O–H groups in total. The summed E-state index contributed by atoms with van der Waals surface area (Å²) in [5, 5.41) is 0. The number of hydrogen-bond acceptors (Lipinski definition) is 1. The summed E-state index contributed by atoms with van der Waals surface area (Å²) < 4.78 is 0. The third-order valence-electron chi connectivity index (χ3n) is 3.52.